The number of carbonyl (C=O) groups excluding carboxylic acids is 3. The zero-order valence-electron chi connectivity index (χ0n) is 22.3. The molecule has 1 aliphatic rings. The molecule has 2 heterocycles. The number of nitrogen functional groups attached to an aromatic ring is 1. The third kappa shape index (κ3) is 7.89. The molecule has 216 valence electrons. The van der Waals surface area contributed by atoms with Crippen molar-refractivity contribution in [2.45, 2.75) is 38.8 Å². The number of amides is 2. The van der Waals surface area contributed by atoms with E-state index in [0.29, 0.717) is 42.8 Å². The first-order chi connectivity index (χ1) is 19.1. The first-order valence-electron chi connectivity index (χ1n) is 12.7. The predicted molar refractivity (Wildman–Crippen MR) is 157 cm³/mol. The summed E-state index contributed by atoms with van der Waals surface area (Å²) in [5, 5.41) is 21.4. The monoisotopic (exact) mass is 599 g/mol. The van der Waals surface area contributed by atoms with Gasteiger partial charge in [-0.3, -0.25) is 29.9 Å². The number of halogens is 1. The van der Waals surface area contributed by atoms with Crippen LogP contribution >= 0.6 is 23.7 Å². The van der Waals surface area contributed by atoms with E-state index in [2.05, 4.69) is 5.32 Å². The molecule has 0 saturated carbocycles. The second kappa shape index (κ2) is 13.9. The van der Waals surface area contributed by atoms with Crippen molar-refractivity contribution in [1.82, 2.24) is 10.2 Å². The number of esters is 1. The first-order valence-corrected chi connectivity index (χ1v) is 13.5. The van der Waals surface area contributed by atoms with Gasteiger partial charge in [-0.25, -0.2) is 0 Å². The van der Waals surface area contributed by atoms with Crippen molar-refractivity contribution in [3.63, 3.8) is 0 Å². The highest BCUT2D eigenvalue weighted by Gasteiger charge is 2.30. The van der Waals surface area contributed by atoms with Crippen molar-refractivity contribution in [3.05, 3.63) is 96.7 Å². The lowest BCUT2D eigenvalue weighted by atomic mass is 10.0. The number of ether oxygens (including phenoxy) is 1. The quantitative estimate of drug-likeness (QED) is 0.105. The number of rotatable bonds is 10. The smallest absolute Gasteiger partial charge is 0.311 e. The van der Waals surface area contributed by atoms with Crippen LogP contribution in [0.15, 0.2) is 54.6 Å². The van der Waals surface area contributed by atoms with Gasteiger partial charge < -0.3 is 20.7 Å². The minimum atomic E-state index is -0.930. The number of nitro groups is 1. The first kappa shape index (κ1) is 31.2. The number of carbonyl (C=O) groups is 3. The molecular formula is C28H30ClN5O6S. The molecule has 4 rings (SSSR count). The van der Waals surface area contributed by atoms with Crippen LogP contribution in [0.3, 0.4) is 0 Å². The average Bonchev–Trinajstić information content (AvgIpc) is 3.34. The molecule has 2 aromatic carbocycles. The van der Waals surface area contributed by atoms with Crippen molar-refractivity contribution in [2.24, 2.45) is 5.73 Å². The van der Waals surface area contributed by atoms with Crippen LogP contribution in [-0.2, 0) is 40.1 Å². The van der Waals surface area contributed by atoms with Crippen molar-refractivity contribution in [3.8, 4) is 0 Å². The molecule has 1 atom stereocenters. The van der Waals surface area contributed by atoms with Gasteiger partial charge in [-0.15, -0.1) is 23.7 Å². The largest absolute Gasteiger partial charge is 0.466 e. The van der Waals surface area contributed by atoms with Gasteiger partial charge in [0.25, 0.3) is 11.6 Å². The van der Waals surface area contributed by atoms with Crippen LogP contribution in [0.25, 0.3) is 0 Å². The fraction of sp³-hybridized carbons (Fsp3) is 0.286. The molecule has 0 bridgehead atoms. The van der Waals surface area contributed by atoms with Crippen molar-refractivity contribution < 1.29 is 24.0 Å². The molecular weight excluding hydrogens is 570 g/mol. The summed E-state index contributed by atoms with van der Waals surface area (Å²) in [4.78, 5) is 53.0. The standard InChI is InChI=1S/C28H29N5O6S.ClH/c1-2-39-25(34)15-22-14-20-16-32(12-11-24(20)40-22)28(36)23(13-17-3-9-21(10-4-17)33(37)38)31-27(35)19-7-5-18(6-8-19)26(29)30;/h3-10,14,23H,2,11-13,15-16H2,1H3,(H3,29,30)(H,31,35);1H/t23-;/m0./s1. The van der Waals surface area contributed by atoms with Gasteiger partial charge in [-0.1, -0.05) is 24.3 Å². The van der Waals surface area contributed by atoms with Gasteiger partial charge in [0, 0.05) is 52.5 Å². The summed E-state index contributed by atoms with van der Waals surface area (Å²) in [5.74, 6) is -1.17. The lowest BCUT2D eigenvalue weighted by Gasteiger charge is -2.31. The molecule has 13 heteroatoms. The highest BCUT2D eigenvalue weighted by Crippen LogP contribution is 2.29. The van der Waals surface area contributed by atoms with Crippen molar-refractivity contribution >= 4 is 53.1 Å². The SMILES string of the molecule is CCOC(=O)Cc1cc2c(s1)CCN(C(=O)[C@H](Cc1ccc([N+](=O)[O-])cc1)NC(=O)c1ccc(C(=N)N)cc1)C2.Cl. The number of nitro benzene ring substituents is 1. The Morgan fingerprint density at radius 2 is 1.80 bits per heavy atom. The maximum Gasteiger partial charge on any atom is 0.311 e. The van der Waals surface area contributed by atoms with Gasteiger partial charge in [0.1, 0.15) is 11.9 Å². The number of hydrogen-bond acceptors (Lipinski definition) is 8. The molecule has 0 aliphatic carbocycles. The molecule has 2 amide bonds. The van der Waals surface area contributed by atoms with Crippen LogP contribution < -0.4 is 11.1 Å². The minimum absolute atomic E-state index is 0. The second-order valence-electron chi connectivity index (χ2n) is 9.30. The van der Waals surface area contributed by atoms with E-state index < -0.39 is 16.9 Å². The van der Waals surface area contributed by atoms with Gasteiger partial charge in [-0.05, 0) is 42.7 Å². The summed E-state index contributed by atoms with van der Waals surface area (Å²) < 4.78 is 5.05. The molecule has 4 N–H and O–H groups in total. The fourth-order valence-corrected chi connectivity index (χ4v) is 5.63. The van der Waals surface area contributed by atoms with Crippen LogP contribution in [-0.4, -0.2) is 52.6 Å². The number of nitrogens with two attached hydrogens (primary N) is 1. The van der Waals surface area contributed by atoms with E-state index in [1.165, 1.54) is 24.3 Å². The molecule has 0 fully saturated rings. The molecule has 41 heavy (non-hydrogen) atoms. The van der Waals surface area contributed by atoms with Gasteiger partial charge in [0.05, 0.1) is 18.0 Å². The Kier molecular flexibility index (Phi) is 10.6. The summed E-state index contributed by atoms with van der Waals surface area (Å²) in [7, 11) is 0. The van der Waals surface area contributed by atoms with E-state index in [0.717, 1.165) is 15.3 Å². The predicted octanol–water partition coefficient (Wildman–Crippen LogP) is 3.39. The van der Waals surface area contributed by atoms with Crippen LogP contribution in [0.5, 0.6) is 0 Å². The molecule has 0 spiro atoms. The fourth-order valence-electron chi connectivity index (χ4n) is 4.48. The summed E-state index contributed by atoms with van der Waals surface area (Å²) in [6.45, 7) is 2.86. The number of thiophene rings is 1. The zero-order valence-corrected chi connectivity index (χ0v) is 23.9. The Labute approximate surface area is 246 Å². The normalized spacial score (nSPS) is 12.9. The van der Waals surface area contributed by atoms with Crippen LogP contribution in [0, 0.1) is 15.5 Å². The summed E-state index contributed by atoms with van der Waals surface area (Å²) in [5.41, 5.74) is 7.82. The third-order valence-corrected chi connectivity index (χ3v) is 7.74. The van der Waals surface area contributed by atoms with Crippen molar-refractivity contribution in [2.75, 3.05) is 13.2 Å². The summed E-state index contributed by atoms with van der Waals surface area (Å²) >= 11 is 1.54. The van der Waals surface area contributed by atoms with E-state index in [9.17, 15) is 24.5 Å². The van der Waals surface area contributed by atoms with E-state index in [4.69, 9.17) is 15.9 Å². The third-order valence-electron chi connectivity index (χ3n) is 6.50. The number of non-ortho nitro benzene ring substituents is 1. The maximum absolute atomic E-state index is 13.8. The molecule has 0 saturated heterocycles. The molecule has 1 aliphatic heterocycles. The average molecular weight is 600 g/mol. The summed E-state index contributed by atoms with van der Waals surface area (Å²) in [6.07, 6.45) is 0.940. The number of hydrogen-bond donors (Lipinski definition) is 3. The number of benzene rings is 2. The molecule has 11 nitrogen and oxygen atoms in total. The number of amidine groups is 1. The van der Waals surface area contributed by atoms with E-state index in [1.54, 1.807) is 47.4 Å². The van der Waals surface area contributed by atoms with Gasteiger partial charge in [0.15, 0.2) is 0 Å². The number of nitrogens with one attached hydrogen (secondary N) is 2. The number of fused-ring (bicyclic) bond motifs is 1. The topological polar surface area (TPSA) is 169 Å². The lowest BCUT2D eigenvalue weighted by Crippen LogP contribution is -2.50. The molecule has 0 unspecified atom stereocenters. The van der Waals surface area contributed by atoms with Gasteiger partial charge in [-0.2, -0.15) is 0 Å². The van der Waals surface area contributed by atoms with Crippen molar-refractivity contribution in [1.29, 1.82) is 5.41 Å². The Balaban J connectivity index is 0.00000462. The Morgan fingerprint density at radius 1 is 1.15 bits per heavy atom. The van der Waals surface area contributed by atoms with Gasteiger partial charge >= 0.3 is 5.97 Å². The van der Waals surface area contributed by atoms with E-state index in [1.807, 2.05) is 6.07 Å². The number of nitrogens with zero attached hydrogens (tertiary/aromatic N) is 2. The Bertz CT molecular complexity index is 1440. The Morgan fingerprint density at radius 3 is 2.41 bits per heavy atom. The minimum Gasteiger partial charge on any atom is -0.466 e. The van der Waals surface area contributed by atoms with Crippen LogP contribution in [0.1, 0.15) is 43.7 Å². The van der Waals surface area contributed by atoms with Gasteiger partial charge in [0.2, 0.25) is 5.91 Å². The Hall–Kier alpha value is -4.29. The van der Waals surface area contributed by atoms with E-state index >= 15 is 0 Å². The molecule has 3 aromatic rings. The molecule has 1 aromatic heterocycles. The maximum atomic E-state index is 13.8. The summed E-state index contributed by atoms with van der Waals surface area (Å²) in [6, 6.07) is 13.0. The second-order valence-corrected chi connectivity index (χ2v) is 10.5. The molecule has 0 radical (unpaired) electrons. The highest BCUT2D eigenvalue weighted by molar-refractivity contribution is 7.12. The van der Waals surface area contributed by atoms with E-state index in [-0.39, 0.29) is 48.6 Å². The van der Waals surface area contributed by atoms with Crippen LogP contribution in [0.2, 0.25) is 0 Å². The lowest BCUT2D eigenvalue weighted by molar-refractivity contribution is -0.384. The van der Waals surface area contributed by atoms with Crippen LogP contribution in [0.4, 0.5) is 5.69 Å². The zero-order chi connectivity index (χ0) is 28.8. The highest BCUT2D eigenvalue weighted by atomic mass is 35.5.